The molecular weight excluding hydrogens is 242 g/mol. The van der Waals surface area contributed by atoms with Crippen LogP contribution in [0, 0.1) is 0 Å². The Kier molecular flexibility index (Phi) is 5.15. The average Bonchev–Trinajstić information content (AvgIpc) is 2.48. The molecule has 0 spiro atoms. The minimum atomic E-state index is -0.0107. The second kappa shape index (κ2) is 7.09. The molecule has 1 saturated heterocycles. The topological polar surface area (TPSA) is 54.5 Å². The summed E-state index contributed by atoms with van der Waals surface area (Å²) in [6.45, 7) is 5.62. The Balaban J connectivity index is 1.91. The van der Waals surface area contributed by atoms with E-state index in [1.165, 1.54) is 0 Å². The summed E-state index contributed by atoms with van der Waals surface area (Å²) < 4.78 is 5.24. The molecule has 5 nitrogen and oxygen atoms in total. The number of ether oxygens (including phenoxy) is 1. The van der Waals surface area contributed by atoms with Gasteiger partial charge in [0.05, 0.1) is 25.1 Å². The van der Waals surface area contributed by atoms with Gasteiger partial charge >= 0.3 is 0 Å². The van der Waals surface area contributed by atoms with Gasteiger partial charge in [0.25, 0.3) is 5.91 Å². The molecule has 0 saturated carbocycles. The Labute approximate surface area is 114 Å². The number of aromatic nitrogens is 1. The summed E-state index contributed by atoms with van der Waals surface area (Å²) >= 11 is 0. The Hall–Kier alpha value is -1.62. The number of anilines is 1. The molecule has 1 aliphatic heterocycles. The van der Waals surface area contributed by atoms with Gasteiger partial charge in [-0.25, -0.2) is 4.98 Å². The third-order valence-electron chi connectivity index (χ3n) is 3.14. The summed E-state index contributed by atoms with van der Waals surface area (Å²) in [6.07, 6.45) is 4.02. The van der Waals surface area contributed by atoms with Gasteiger partial charge in [0, 0.05) is 19.6 Å². The van der Waals surface area contributed by atoms with Gasteiger partial charge in [0.1, 0.15) is 5.69 Å². The van der Waals surface area contributed by atoms with Gasteiger partial charge in [-0.3, -0.25) is 4.79 Å². The van der Waals surface area contributed by atoms with Crippen molar-refractivity contribution >= 4 is 11.6 Å². The van der Waals surface area contributed by atoms with E-state index in [0.717, 1.165) is 25.1 Å². The van der Waals surface area contributed by atoms with Crippen molar-refractivity contribution < 1.29 is 9.53 Å². The number of carbonyl (C=O) groups excluding carboxylic acids is 1. The molecule has 2 rings (SSSR count). The van der Waals surface area contributed by atoms with E-state index in [-0.39, 0.29) is 5.91 Å². The summed E-state index contributed by atoms with van der Waals surface area (Å²) in [7, 11) is 0. The van der Waals surface area contributed by atoms with Crippen molar-refractivity contribution in [1.82, 2.24) is 9.88 Å². The van der Waals surface area contributed by atoms with Crippen molar-refractivity contribution in [2.45, 2.75) is 19.8 Å². The molecule has 5 heteroatoms. The maximum absolute atomic E-state index is 12.2. The second-order valence-electron chi connectivity index (χ2n) is 4.62. The summed E-state index contributed by atoms with van der Waals surface area (Å²) in [5.74, 6) is -0.0107. The first kappa shape index (κ1) is 13.8. The summed E-state index contributed by atoms with van der Waals surface area (Å²) in [6, 6.07) is 3.70. The van der Waals surface area contributed by atoms with E-state index in [1.807, 2.05) is 6.07 Å². The lowest BCUT2D eigenvalue weighted by atomic mass is 10.2. The van der Waals surface area contributed by atoms with Crippen LogP contribution in [0.1, 0.15) is 30.3 Å². The minimum Gasteiger partial charge on any atom is -0.384 e. The molecule has 1 N–H and O–H groups in total. The third-order valence-corrected chi connectivity index (χ3v) is 3.14. The van der Waals surface area contributed by atoms with E-state index in [0.29, 0.717) is 32.0 Å². The van der Waals surface area contributed by atoms with Crippen LogP contribution in [-0.4, -0.2) is 48.6 Å². The lowest BCUT2D eigenvalue weighted by molar-refractivity contribution is 0.0299. The zero-order chi connectivity index (χ0) is 13.5. The predicted molar refractivity (Wildman–Crippen MR) is 74.4 cm³/mol. The van der Waals surface area contributed by atoms with Gasteiger partial charge in [0.2, 0.25) is 0 Å². The fourth-order valence-electron chi connectivity index (χ4n) is 1.96. The molecule has 1 fully saturated rings. The van der Waals surface area contributed by atoms with Crippen molar-refractivity contribution in [3.63, 3.8) is 0 Å². The summed E-state index contributed by atoms with van der Waals surface area (Å²) in [5.41, 5.74) is 1.47. The first-order valence-corrected chi connectivity index (χ1v) is 6.88. The van der Waals surface area contributed by atoms with E-state index < -0.39 is 0 Å². The standard InChI is InChI=1S/C14H21N3O2/c1-2-3-6-15-12-4-5-13(16-11-12)14(18)17-7-9-19-10-8-17/h4-5,11,15H,2-3,6-10H2,1H3. The number of nitrogens with one attached hydrogen (secondary N) is 1. The molecule has 0 atom stereocenters. The van der Waals surface area contributed by atoms with Crippen molar-refractivity contribution in [2.24, 2.45) is 0 Å². The lowest BCUT2D eigenvalue weighted by Gasteiger charge is -2.26. The fraction of sp³-hybridized carbons (Fsp3) is 0.571. The van der Waals surface area contributed by atoms with Crippen LogP contribution in [0.5, 0.6) is 0 Å². The highest BCUT2D eigenvalue weighted by Gasteiger charge is 2.19. The Morgan fingerprint density at radius 3 is 2.84 bits per heavy atom. The lowest BCUT2D eigenvalue weighted by Crippen LogP contribution is -2.41. The van der Waals surface area contributed by atoms with E-state index >= 15 is 0 Å². The van der Waals surface area contributed by atoms with E-state index in [9.17, 15) is 4.79 Å². The zero-order valence-corrected chi connectivity index (χ0v) is 11.4. The Morgan fingerprint density at radius 1 is 1.42 bits per heavy atom. The van der Waals surface area contributed by atoms with Crippen LogP contribution in [0.25, 0.3) is 0 Å². The van der Waals surface area contributed by atoms with Crippen molar-refractivity contribution in [3.8, 4) is 0 Å². The number of hydrogen-bond donors (Lipinski definition) is 1. The van der Waals surface area contributed by atoms with Gasteiger partial charge in [-0.05, 0) is 18.6 Å². The highest BCUT2D eigenvalue weighted by molar-refractivity contribution is 5.92. The molecule has 0 bridgehead atoms. The Bertz CT molecular complexity index is 400. The average molecular weight is 263 g/mol. The normalized spacial score (nSPS) is 15.3. The van der Waals surface area contributed by atoms with Gasteiger partial charge in [0.15, 0.2) is 0 Å². The van der Waals surface area contributed by atoms with Crippen LogP contribution in [-0.2, 0) is 4.74 Å². The monoisotopic (exact) mass is 263 g/mol. The summed E-state index contributed by atoms with van der Waals surface area (Å²) in [4.78, 5) is 18.2. The van der Waals surface area contributed by atoms with Gasteiger partial charge in [-0.2, -0.15) is 0 Å². The zero-order valence-electron chi connectivity index (χ0n) is 11.4. The molecular formula is C14H21N3O2. The Morgan fingerprint density at radius 2 is 2.21 bits per heavy atom. The van der Waals surface area contributed by atoms with Crippen LogP contribution >= 0.6 is 0 Å². The smallest absolute Gasteiger partial charge is 0.272 e. The first-order chi connectivity index (χ1) is 9.31. The number of pyridine rings is 1. The van der Waals surface area contributed by atoms with Crippen LogP contribution in [0.2, 0.25) is 0 Å². The number of nitrogens with zero attached hydrogens (tertiary/aromatic N) is 2. The van der Waals surface area contributed by atoms with Crippen LogP contribution in [0.15, 0.2) is 18.3 Å². The molecule has 1 amide bonds. The largest absolute Gasteiger partial charge is 0.384 e. The molecule has 19 heavy (non-hydrogen) atoms. The number of morpholine rings is 1. The molecule has 0 unspecified atom stereocenters. The molecule has 104 valence electrons. The fourth-order valence-corrected chi connectivity index (χ4v) is 1.96. The highest BCUT2D eigenvalue weighted by Crippen LogP contribution is 2.09. The first-order valence-electron chi connectivity index (χ1n) is 6.88. The SMILES string of the molecule is CCCCNc1ccc(C(=O)N2CCOCC2)nc1. The highest BCUT2D eigenvalue weighted by atomic mass is 16.5. The maximum Gasteiger partial charge on any atom is 0.272 e. The molecule has 1 aromatic rings. The van der Waals surface area contributed by atoms with E-state index in [4.69, 9.17) is 4.74 Å². The van der Waals surface area contributed by atoms with Gasteiger partial charge in [-0.1, -0.05) is 13.3 Å². The number of hydrogen-bond acceptors (Lipinski definition) is 4. The van der Waals surface area contributed by atoms with Crippen LogP contribution < -0.4 is 5.32 Å². The van der Waals surface area contributed by atoms with Gasteiger partial charge < -0.3 is 15.0 Å². The minimum absolute atomic E-state index is 0.0107. The maximum atomic E-state index is 12.2. The van der Waals surface area contributed by atoms with Crippen molar-refractivity contribution in [3.05, 3.63) is 24.0 Å². The van der Waals surface area contributed by atoms with Crippen LogP contribution in [0.4, 0.5) is 5.69 Å². The van der Waals surface area contributed by atoms with E-state index in [2.05, 4.69) is 17.2 Å². The molecule has 1 aromatic heterocycles. The summed E-state index contributed by atoms with van der Waals surface area (Å²) in [5, 5.41) is 3.28. The number of unbranched alkanes of at least 4 members (excludes halogenated alkanes) is 1. The predicted octanol–water partition coefficient (Wildman–Crippen LogP) is 1.77. The molecule has 0 radical (unpaired) electrons. The van der Waals surface area contributed by atoms with E-state index in [1.54, 1.807) is 17.2 Å². The van der Waals surface area contributed by atoms with Gasteiger partial charge in [-0.15, -0.1) is 0 Å². The number of carbonyl (C=O) groups is 1. The quantitative estimate of drug-likeness (QED) is 0.823. The second-order valence-corrected chi connectivity index (χ2v) is 4.62. The molecule has 1 aliphatic rings. The molecule has 2 heterocycles. The van der Waals surface area contributed by atoms with Crippen LogP contribution in [0.3, 0.4) is 0 Å². The van der Waals surface area contributed by atoms with Crippen molar-refractivity contribution in [1.29, 1.82) is 0 Å². The molecule has 0 aromatic carbocycles. The number of rotatable bonds is 5. The third kappa shape index (κ3) is 3.92. The number of amides is 1. The molecule has 0 aliphatic carbocycles. The van der Waals surface area contributed by atoms with Crippen molar-refractivity contribution in [2.75, 3.05) is 38.2 Å².